The van der Waals surface area contributed by atoms with Crippen molar-refractivity contribution in [1.82, 2.24) is 9.38 Å². The second kappa shape index (κ2) is 7.67. The first-order valence-corrected chi connectivity index (χ1v) is 9.39. The number of aromatic nitrogens is 2. The van der Waals surface area contributed by atoms with Crippen molar-refractivity contribution in [2.24, 2.45) is 5.73 Å². The third kappa shape index (κ3) is 3.56. The Morgan fingerprint density at radius 3 is 2.81 bits per heavy atom. The molecule has 3 N–H and O–H groups in total. The van der Waals surface area contributed by atoms with Crippen LogP contribution in [0.25, 0.3) is 4.96 Å². The topological polar surface area (TPSA) is 107 Å². The minimum atomic E-state index is -1.40. The Morgan fingerprint density at radius 1 is 1.42 bits per heavy atom. The number of hydrogen-bond acceptors (Lipinski definition) is 7. The lowest BCUT2D eigenvalue weighted by Crippen LogP contribution is -2.27. The Hall–Kier alpha value is -2.07. The van der Waals surface area contributed by atoms with Crippen molar-refractivity contribution in [3.05, 3.63) is 67.5 Å². The van der Waals surface area contributed by atoms with E-state index in [-0.39, 0.29) is 16.6 Å². The zero-order chi connectivity index (χ0) is 18.8. The summed E-state index contributed by atoms with van der Waals surface area (Å²) < 4.78 is 6.81. The summed E-state index contributed by atoms with van der Waals surface area (Å²) in [5, 5.41) is 11.8. The lowest BCUT2D eigenvalue weighted by Gasteiger charge is -2.15. The Balaban J connectivity index is 1.75. The number of carbonyl (C=O) groups excluding carboxylic acids is 1. The number of rotatable bonds is 5. The molecule has 0 unspecified atom stereocenters. The van der Waals surface area contributed by atoms with E-state index in [1.165, 1.54) is 15.7 Å². The second-order valence-corrected chi connectivity index (χ2v) is 7.29. The first-order valence-electron chi connectivity index (χ1n) is 7.71. The maximum atomic E-state index is 12.4. The van der Waals surface area contributed by atoms with Gasteiger partial charge in [0, 0.05) is 11.1 Å². The van der Waals surface area contributed by atoms with Crippen molar-refractivity contribution in [3.8, 4) is 0 Å². The summed E-state index contributed by atoms with van der Waals surface area (Å²) >= 11 is 4.56. The van der Waals surface area contributed by atoms with Gasteiger partial charge in [-0.05, 0) is 28.4 Å². The summed E-state index contributed by atoms with van der Waals surface area (Å²) in [4.78, 5) is 29.4. The zero-order valence-electron chi connectivity index (χ0n) is 13.8. The lowest BCUT2D eigenvalue weighted by atomic mass is 10.1. The molecule has 3 rings (SSSR count). The van der Waals surface area contributed by atoms with Crippen molar-refractivity contribution < 1.29 is 14.6 Å². The number of nitrogens with zero attached hydrogens (tertiary/aromatic N) is 2. The van der Waals surface area contributed by atoms with Crippen LogP contribution in [0.1, 0.15) is 29.1 Å². The Bertz CT molecular complexity index is 1000. The molecule has 0 radical (unpaired) electrons. The minimum absolute atomic E-state index is 0.214. The summed E-state index contributed by atoms with van der Waals surface area (Å²) in [6.45, 7) is 1.60. The van der Waals surface area contributed by atoms with E-state index < -0.39 is 18.1 Å². The molecule has 0 saturated carbocycles. The van der Waals surface area contributed by atoms with Gasteiger partial charge < -0.3 is 15.6 Å². The van der Waals surface area contributed by atoms with Crippen LogP contribution in [-0.2, 0) is 9.53 Å². The van der Waals surface area contributed by atoms with Gasteiger partial charge in [0.1, 0.15) is 11.1 Å². The molecule has 2 heterocycles. The SMILES string of the molecule is Cc1csc2nc([C@@H](N)COC(=O)[C@@H](O)c3ccccc3)c(Br)c(=O)n12. The van der Waals surface area contributed by atoms with Gasteiger partial charge in [-0.1, -0.05) is 30.3 Å². The van der Waals surface area contributed by atoms with Crippen molar-refractivity contribution in [3.63, 3.8) is 0 Å². The Kier molecular flexibility index (Phi) is 5.52. The predicted molar refractivity (Wildman–Crippen MR) is 101 cm³/mol. The van der Waals surface area contributed by atoms with Crippen molar-refractivity contribution >= 4 is 38.2 Å². The van der Waals surface area contributed by atoms with Crippen LogP contribution in [-0.4, -0.2) is 27.1 Å². The largest absolute Gasteiger partial charge is 0.461 e. The number of thiazole rings is 1. The zero-order valence-corrected chi connectivity index (χ0v) is 16.2. The van der Waals surface area contributed by atoms with Gasteiger partial charge in [-0.15, -0.1) is 11.3 Å². The molecule has 136 valence electrons. The van der Waals surface area contributed by atoms with Crippen LogP contribution < -0.4 is 11.3 Å². The fourth-order valence-corrected chi connectivity index (χ4v) is 3.85. The van der Waals surface area contributed by atoms with Gasteiger partial charge in [0.2, 0.25) is 0 Å². The molecule has 0 aliphatic rings. The van der Waals surface area contributed by atoms with Crippen molar-refractivity contribution in [1.29, 1.82) is 0 Å². The molecule has 0 bridgehead atoms. The van der Waals surface area contributed by atoms with Crippen LogP contribution in [0.15, 0.2) is 45.0 Å². The van der Waals surface area contributed by atoms with Crippen LogP contribution in [0.3, 0.4) is 0 Å². The summed E-state index contributed by atoms with van der Waals surface area (Å²) in [7, 11) is 0. The molecule has 0 fully saturated rings. The number of carbonyl (C=O) groups is 1. The minimum Gasteiger partial charge on any atom is -0.461 e. The molecule has 1 aromatic carbocycles. The van der Waals surface area contributed by atoms with Crippen LogP contribution in [0, 0.1) is 6.92 Å². The number of aliphatic hydroxyl groups excluding tert-OH is 1. The normalized spacial score (nSPS) is 13.5. The molecule has 3 aromatic rings. The Morgan fingerprint density at radius 2 is 2.12 bits per heavy atom. The number of benzene rings is 1. The van der Waals surface area contributed by atoms with E-state index in [9.17, 15) is 14.7 Å². The van der Waals surface area contributed by atoms with Crippen LogP contribution in [0.5, 0.6) is 0 Å². The molecule has 2 atom stereocenters. The van der Waals surface area contributed by atoms with Gasteiger partial charge in [-0.2, -0.15) is 0 Å². The Labute approximate surface area is 161 Å². The molecule has 0 amide bonds. The highest BCUT2D eigenvalue weighted by Gasteiger charge is 2.23. The average Bonchev–Trinajstić information content (AvgIpc) is 3.03. The smallest absolute Gasteiger partial charge is 0.339 e. The number of aliphatic hydroxyl groups is 1. The summed E-state index contributed by atoms with van der Waals surface area (Å²) in [5.41, 5.74) is 7.30. The van der Waals surface area contributed by atoms with Crippen molar-refractivity contribution in [2.75, 3.05) is 6.61 Å². The third-order valence-electron chi connectivity index (χ3n) is 3.81. The first-order chi connectivity index (χ1) is 12.4. The number of aryl methyl sites for hydroxylation is 1. The molecule has 26 heavy (non-hydrogen) atoms. The quantitative estimate of drug-likeness (QED) is 0.591. The summed E-state index contributed by atoms with van der Waals surface area (Å²) in [6.07, 6.45) is -1.40. The molecule has 0 saturated heterocycles. The number of halogens is 1. The number of nitrogens with two attached hydrogens (primary N) is 1. The molecular weight excluding hydrogens is 422 g/mol. The van der Waals surface area contributed by atoms with Gasteiger partial charge in [0.05, 0.1) is 11.7 Å². The molecular formula is C17H16BrN3O4S. The van der Waals surface area contributed by atoms with Gasteiger partial charge in [0.15, 0.2) is 11.1 Å². The van der Waals surface area contributed by atoms with Crippen LogP contribution >= 0.6 is 27.3 Å². The summed E-state index contributed by atoms with van der Waals surface area (Å²) in [6, 6.07) is 7.64. The maximum Gasteiger partial charge on any atom is 0.339 e. The van der Waals surface area contributed by atoms with E-state index >= 15 is 0 Å². The molecule has 7 nitrogen and oxygen atoms in total. The monoisotopic (exact) mass is 437 g/mol. The molecule has 0 aliphatic carbocycles. The fourth-order valence-electron chi connectivity index (χ4n) is 2.42. The van der Waals surface area contributed by atoms with Gasteiger partial charge in [-0.3, -0.25) is 9.20 Å². The number of fused-ring (bicyclic) bond motifs is 1. The van der Waals surface area contributed by atoms with E-state index in [1.54, 1.807) is 30.3 Å². The van der Waals surface area contributed by atoms with Gasteiger partial charge in [0.25, 0.3) is 5.56 Å². The fraction of sp³-hybridized carbons (Fsp3) is 0.235. The van der Waals surface area contributed by atoms with Crippen molar-refractivity contribution in [2.45, 2.75) is 19.1 Å². The van der Waals surface area contributed by atoms with E-state index in [4.69, 9.17) is 10.5 Å². The number of hydrogen-bond donors (Lipinski definition) is 2. The van der Waals surface area contributed by atoms with E-state index in [2.05, 4.69) is 20.9 Å². The molecule has 0 spiro atoms. The maximum absolute atomic E-state index is 12.4. The number of esters is 1. The van der Waals surface area contributed by atoms with E-state index in [0.29, 0.717) is 16.2 Å². The second-order valence-electron chi connectivity index (χ2n) is 5.66. The van der Waals surface area contributed by atoms with Crippen LogP contribution in [0.2, 0.25) is 0 Å². The molecule has 9 heteroatoms. The summed E-state index contributed by atoms with van der Waals surface area (Å²) in [5.74, 6) is -0.812. The standard InChI is InChI=1S/C17H16BrN3O4S/c1-9-8-26-17-20-13(12(18)15(23)21(9)17)11(19)7-25-16(24)14(22)10-5-3-2-4-6-10/h2-6,8,11,14,22H,7,19H2,1H3/t11-,14-/m0/s1. The van der Waals surface area contributed by atoms with Crippen LogP contribution in [0.4, 0.5) is 0 Å². The average molecular weight is 438 g/mol. The van der Waals surface area contributed by atoms with E-state index in [0.717, 1.165) is 5.69 Å². The lowest BCUT2D eigenvalue weighted by molar-refractivity contribution is -0.154. The highest BCUT2D eigenvalue weighted by atomic mass is 79.9. The highest BCUT2D eigenvalue weighted by molar-refractivity contribution is 9.10. The number of ether oxygens (including phenoxy) is 1. The first kappa shape index (κ1) is 18.7. The molecule has 2 aromatic heterocycles. The molecule has 0 aliphatic heterocycles. The third-order valence-corrected chi connectivity index (χ3v) is 5.49. The van der Waals surface area contributed by atoms with Gasteiger partial charge >= 0.3 is 5.97 Å². The van der Waals surface area contributed by atoms with E-state index in [1.807, 2.05) is 12.3 Å². The predicted octanol–water partition coefficient (Wildman–Crippen LogP) is 2.10. The van der Waals surface area contributed by atoms with Gasteiger partial charge in [-0.25, -0.2) is 9.78 Å². The highest BCUT2D eigenvalue weighted by Crippen LogP contribution is 2.22.